The predicted molar refractivity (Wildman–Crippen MR) is 80.3 cm³/mol. The van der Waals surface area contributed by atoms with Crippen molar-refractivity contribution in [3.63, 3.8) is 0 Å². The van der Waals surface area contributed by atoms with Crippen LogP contribution in [0, 0.1) is 5.92 Å². The minimum atomic E-state index is -0.779. The summed E-state index contributed by atoms with van der Waals surface area (Å²) >= 11 is 0. The molecule has 130 valence electrons. The van der Waals surface area contributed by atoms with Gasteiger partial charge in [0.05, 0.1) is 25.9 Å². The molecule has 23 heavy (non-hydrogen) atoms. The number of imidazole rings is 1. The molecule has 1 fully saturated rings. The number of aromatic nitrogens is 2. The normalized spacial score (nSPS) is 31.1. The Labute approximate surface area is 135 Å². The van der Waals surface area contributed by atoms with E-state index in [-0.39, 0.29) is 24.5 Å². The van der Waals surface area contributed by atoms with E-state index in [1.165, 1.54) is 7.11 Å². The first-order valence-corrected chi connectivity index (χ1v) is 7.62. The molecule has 1 aromatic rings. The molecule has 5 unspecified atom stereocenters. The van der Waals surface area contributed by atoms with Crippen molar-refractivity contribution < 1.29 is 28.7 Å². The number of nitrogens with one attached hydrogen (secondary N) is 1. The van der Waals surface area contributed by atoms with Gasteiger partial charge in [0.1, 0.15) is 18.4 Å². The summed E-state index contributed by atoms with van der Waals surface area (Å²) in [6.45, 7) is 2.39. The molecule has 0 bridgehead atoms. The number of rotatable bonds is 6. The average molecular weight is 328 g/mol. The van der Waals surface area contributed by atoms with E-state index >= 15 is 0 Å². The Morgan fingerprint density at radius 1 is 1.48 bits per heavy atom. The van der Waals surface area contributed by atoms with Gasteiger partial charge in [0.2, 0.25) is 6.33 Å². The zero-order chi connectivity index (χ0) is 17.0. The number of methoxy groups -OCH3 is 2. The molecule has 0 saturated carbocycles. The fourth-order valence-electron chi connectivity index (χ4n) is 2.79. The van der Waals surface area contributed by atoms with Crippen molar-refractivity contribution in [2.45, 2.75) is 38.0 Å². The van der Waals surface area contributed by atoms with Crippen LogP contribution in [0.5, 0.6) is 0 Å². The summed E-state index contributed by atoms with van der Waals surface area (Å²) in [5.74, 6) is -0.399. The fourth-order valence-corrected chi connectivity index (χ4v) is 2.79. The van der Waals surface area contributed by atoms with Crippen molar-refractivity contribution in [2.24, 2.45) is 13.0 Å². The highest BCUT2D eigenvalue weighted by Crippen LogP contribution is 2.26. The zero-order valence-corrected chi connectivity index (χ0v) is 14.0. The zero-order valence-electron chi connectivity index (χ0n) is 14.0. The summed E-state index contributed by atoms with van der Waals surface area (Å²) in [6, 6.07) is -0.625. The van der Waals surface area contributed by atoms with Crippen molar-refractivity contribution >= 4 is 5.91 Å². The summed E-state index contributed by atoms with van der Waals surface area (Å²) in [5.41, 5.74) is 0. The molecule has 8 nitrogen and oxygen atoms in total. The molecule has 5 atom stereocenters. The molecule has 1 amide bonds. The van der Waals surface area contributed by atoms with Crippen LogP contribution in [0.25, 0.3) is 0 Å². The molecule has 1 aliphatic rings. The Balaban J connectivity index is 2.00. The van der Waals surface area contributed by atoms with Crippen molar-refractivity contribution in [1.82, 2.24) is 9.88 Å². The fraction of sp³-hybridized carbons (Fsp3) is 0.733. The minimum Gasteiger partial charge on any atom is -0.390 e. The molecule has 0 spiro atoms. The summed E-state index contributed by atoms with van der Waals surface area (Å²) in [4.78, 5) is 12.2. The van der Waals surface area contributed by atoms with Gasteiger partial charge in [0.25, 0.3) is 5.91 Å². The van der Waals surface area contributed by atoms with Crippen LogP contribution in [0.2, 0.25) is 0 Å². The van der Waals surface area contributed by atoms with Gasteiger partial charge in [-0.2, -0.15) is 0 Å². The van der Waals surface area contributed by atoms with Crippen LogP contribution in [0.4, 0.5) is 0 Å². The molecule has 1 aliphatic heterocycles. The van der Waals surface area contributed by atoms with E-state index in [0.717, 1.165) is 0 Å². The molecular weight excluding hydrogens is 302 g/mol. The summed E-state index contributed by atoms with van der Waals surface area (Å²) in [7, 11) is 4.95. The number of aliphatic hydroxyl groups excluding tert-OH is 1. The van der Waals surface area contributed by atoms with Gasteiger partial charge in [-0.3, -0.25) is 4.79 Å². The molecule has 2 rings (SSSR count). The lowest BCUT2D eigenvalue weighted by Crippen LogP contribution is -2.62. The number of hydrogen-bond acceptors (Lipinski definition) is 5. The molecule has 1 aromatic heterocycles. The van der Waals surface area contributed by atoms with E-state index in [9.17, 15) is 9.90 Å². The maximum absolute atomic E-state index is 12.2. The molecule has 2 N–H and O–H groups in total. The van der Waals surface area contributed by atoms with Crippen molar-refractivity contribution in [3.05, 3.63) is 18.7 Å². The highest BCUT2D eigenvalue weighted by Gasteiger charge is 2.44. The van der Waals surface area contributed by atoms with Gasteiger partial charge < -0.3 is 24.6 Å². The molecule has 1 saturated heterocycles. The number of ether oxygens (including phenoxy) is 3. The van der Waals surface area contributed by atoms with Crippen molar-refractivity contribution in [2.75, 3.05) is 20.8 Å². The number of amides is 1. The SMILES string of the molecule is COCC1OC(OC)C(NC(=O)Cn2cc[n+](C)c2)C(O)C1C. The summed E-state index contributed by atoms with van der Waals surface area (Å²) in [6.07, 6.45) is 3.68. The van der Waals surface area contributed by atoms with E-state index in [0.29, 0.717) is 6.61 Å². The van der Waals surface area contributed by atoms with Crippen LogP contribution >= 0.6 is 0 Å². The van der Waals surface area contributed by atoms with Gasteiger partial charge in [0.15, 0.2) is 12.8 Å². The maximum Gasteiger partial charge on any atom is 0.262 e. The minimum absolute atomic E-state index is 0.163. The Morgan fingerprint density at radius 3 is 2.78 bits per heavy atom. The summed E-state index contributed by atoms with van der Waals surface area (Å²) in [5, 5.41) is 13.3. The molecule has 0 aliphatic carbocycles. The Kier molecular flexibility index (Phi) is 6.11. The van der Waals surface area contributed by atoms with Gasteiger partial charge in [-0.15, -0.1) is 0 Å². The lowest BCUT2D eigenvalue weighted by atomic mass is 9.89. The highest BCUT2D eigenvalue weighted by atomic mass is 16.7. The second kappa shape index (κ2) is 7.87. The predicted octanol–water partition coefficient (Wildman–Crippen LogP) is -1.19. The number of carbonyl (C=O) groups excluding carboxylic acids is 1. The molecule has 0 aromatic carbocycles. The second-order valence-corrected chi connectivity index (χ2v) is 5.93. The second-order valence-electron chi connectivity index (χ2n) is 5.93. The van der Waals surface area contributed by atoms with Gasteiger partial charge in [0, 0.05) is 20.1 Å². The van der Waals surface area contributed by atoms with Crippen LogP contribution in [-0.2, 0) is 32.6 Å². The van der Waals surface area contributed by atoms with Gasteiger partial charge in [-0.1, -0.05) is 6.92 Å². The van der Waals surface area contributed by atoms with Crippen LogP contribution in [0.15, 0.2) is 18.7 Å². The third kappa shape index (κ3) is 4.29. The first kappa shape index (κ1) is 17.9. The standard InChI is InChI=1S/C15H25N3O5/c1-10-11(8-21-3)23-15(22-4)13(14(10)20)16-12(19)7-18-6-5-17(2)9-18/h5-6,9-11,13-15,20H,7-8H2,1-4H3/p+1. The molecule has 2 heterocycles. The van der Waals surface area contributed by atoms with E-state index in [2.05, 4.69) is 5.32 Å². The highest BCUT2D eigenvalue weighted by molar-refractivity contribution is 5.76. The van der Waals surface area contributed by atoms with E-state index < -0.39 is 18.4 Å². The third-order valence-electron chi connectivity index (χ3n) is 4.14. The van der Waals surface area contributed by atoms with Crippen molar-refractivity contribution in [3.8, 4) is 0 Å². The first-order chi connectivity index (χ1) is 11.0. The Morgan fingerprint density at radius 2 is 2.22 bits per heavy atom. The Hall–Kier alpha value is -1.48. The van der Waals surface area contributed by atoms with Gasteiger partial charge >= 0.3 is 0 Å². The quantitative estimate of drug-likeness (QED) is 0.642. The molecule has 8 heteroatoms. The van der Waals surface area contributed by atoms with Crippen LogP contribution in [-0.4, -0.2) is 60.9 Å². The first-order valence-electron chi connectivity index (χ1n) is 7.62. The Bertz CT molecular complexity index is 519. The van der Waals surface area contributed by atoms with Crippen LogP contribution < -0.4 is 9.88 Å². The van der Waals surface area contributed by atoms with E-state index in [1.54, 1.807) is 24.2 Å². The lowest BCUT2D eigenvalue weighted by Gasteiger charge is -2.43. The van der Waals surface area contributed by atoms with Crippen LogP contribution in [0.3, 0.4) is 0 Å². The average Bonchev–Trinajstić information content (AvgIpc) is 2.92. The van der Waals surface area contributed by atoms with Gasteiger partial charge in [-0.05, 0) is 0 Å². The van der Waals surface area contributed by atoms with E-state index in [4.69, 9.17) is 14.2 Å². The largest absolute Gasteiger partial charge is 0.390 e. The summed E-state index contributed by atoms with van der Waals surface area (Å²) < 4.78 is 19.8. The van der Waals surface area contributed by atoms with E-state index in [1.807, 2.05) is 24.7 Å². The van der Waals surface area contributed by atoms with Crippen LogP contribution in [0.1, 0.15) is 6.92 Å². The van der Waals surface area contributed by atoms with Crippen molar-refractivity contribution in [1.29, 1.82) is 0 Å². The third-order valence-corrected chi connectivity index (χ3v) is 4.14. The molecule has 0 radical (unpaired) electrons. The topological polar surface area (TPSA) is 85.8 Å². The smallest absolute Gasteiger partial charge is 0.262 e. The molecular formula is C15H26N3O5+. The number of aryl methyl sites for hydroxylation is 1. The number of carbonyl (C=O) groups is 1. The number of nitrogens with zero attached hydrogens (tertiary/aromatic N) is 2. The monoisotopic (exact) mass is 328 g/mol. The number of hydrogen-bond donors (Lipinski definition) is 2. The lowest BCUT2D eigenvalue weighted by molar-refractivity contribution is -0.671. The maximum atomic E-state index is 12.2. The van der Waals surface area contributed by atoms with Gasteiger partial charge in [-0.25, -0.2) is 9.13 Å². The number of aliphatic hydroxyl groups is 1.